The maximum Gasteiger partial charge on any atom is 0.270 e. The molecule has 0 fully saturated rings. The van der Waals surface area contributed by atoms with E-state index in [1.54, 1.807) is 12.4 Å². The van der Waals surface area contributed by atoms with E-state index in [0.717, 1.165) is 41.6 Å². The molecule has 5 rings (SSSR count). The fourth-order valence-corrected chi connectivity index (χ4v) is 4.61. The van der Waals surface area contributed by atoms with Gasteiger partial charge in [-0.15, -0.1) is 0 Å². The number of nitrogens with one attached hydrogen (secondary N) is 3. The van der Waals surface area contributed by atoms with Crippen LogP contribution in [0.3, 0.4) is 0 Å². The molecular formula is C28H31N7O. The summed E-state index contributed by atoms with van der Waals surface area (Å²) in [4.78, 5) is 26.0. The van der Waals surface area contributed by atoms with Gasteiger partial charge in [0, 0.05) is 54.7 Å². The molecule has 0 aromatic carbocycles. The number of pyridine rings is 3. The summed E-state index contributed by atoms with van der Waals surface area (Å²) in [7, 11) is 0. The first-order valence-electron chi connectivity index (χ1n) is 12.4. The van der Waals surface area contributed by atoms with Crippen molar-refractivity contribution in [2.24, 2.45) is 5.41 Å². The number of rotatable bonds is 8. The zero-order chi connectivity index (χ0) is 25.0. The molecule has 8 nitrogen and oxygen atoms in total. The van der Waals surface area contributed by atoms with Crippen LogP contribution in [0, 0.1) is 5.41 Å². The molecule has 4 aromatic heterocycles. The van der Waals surface area contributed by atoms with E-state index in [-0.39, 0.29) is 11.3 Å². The summed E-state index contributed by atoms with van der Waals surface area (Å²) >= 11 is 0. The van der Waals surface area contributed by atoms with Gasteiger partial charge in [0.1, 0.15) is 11.5 Å². The Kier molecular flexibility index (Phi) is 6.75. The highest BCUT2D eigenvalue weighted by atomic mass is 16.1. The molecule has 1 aliphatic rings. The number of anilines is 1. The van der Waals surface area contributed by atoms with Crippen molar-refractivity contribution in [3.05, 3.63) is 89.3 Å². The van der Waals surface area contributed by atoms with Gasteiger partial charge in [-0.25, -0.2) is 4.98 Å². The highest BCUT2D eigenvalue weighted by molar-refractivity contribution is 5.94. The Balaban J connectivity index is 1.40. The zero-order valence-corrected chi connectivity index (χ0v) is 20.7. The van der Waals surface area contributed by atoms with Gasteiger partial charge in [0.2, 0.25) is 0 Å². The summed E-state index contributed by atoms with van der Waals surface area (Å²) in [5.41, 5.74) is 6.93. The first-order valence-corrected chi connectivity index (χ1v) is 12.4. The van der Waals surface area contributed by atoms with Crippen LogP contribution in [0.2, 0.25) is 0 Å². The van der Waals surface area contributed by atoms with Crippen molar-refractivity contribution < 1.29 is 4.79 Å². The summed E-state index contributed by atoms with van der Waals surface area (Å²) in [6.07, 6.45) is 10.8. The second-order valence-corrected chi connectivity index (χ2v) is 10.1. The van der Waals surface area contributed by atoms with E-state index in [1.165, 1.54) is 11.3 Å². The molecule has 36 heavy (non-hydrogen) atoms. The second-order valence-electron chi connectivity index (χ2n) is 10.1. The molecule has 0 spiro atoms. The lowest BCUT2D eigenvalue weighted by Crippen LogP contribution is -2.27. The van der Waals surface area contributed by atoms with Gasteiger partial charge in [0.25, 0.3) is 5.91 Å². The summed E-state index contributed by atoms with van der Waals surface area (Å²) in [6.45, 7) is 5.63. The molecule has 0 aliphatic heterocycles. The van der Waals surface area contributed by atoms with Crippen molar-refractivity contribution in [3.8, 4) is 11.3 Å². The molecule has 8 heteroatoms. The molecule has 1 aliphatic carbocycles. The normalized spacial score (nSPS) is 14.2. The number of aromatic amines is 1. The average Bonchev–Trinajstić information content (AvgIpc) is 3.30. The Labute approximate surface area is 211 Å². The third-order valence-corrected chi connectivity index (χ3v) is 6.61. The molecule has 3 N–H and O–H groups in total. The van der Waals surface area contributed by atoms with Gasteiger partial charge in [-0.3, -0.25) is 19.9 Å². The third-order valence-electron chi connectivity index (χ3n) is 6.61. The molecule has 0 bridgehead atoms. The largest absolute Gasteiger partial charge is 0.366 e. The van der Waals surface area contributed by atoms with Crippen LogP contribution in [-0.4, -0.2) is 37.6 Å². The minimum atomic E-state index is -0.212. The van der Waals surface area contributed by atoms with E-state index < -0.39 is 0 Å². The molecule has 0 saturated heterocycles. The minimum Gasteiger partial charge on any atom is -0.366 e. The van der Waals surface area contributed by atoms with Crippen LogP contribution in [0.5, 0.6) is 0 Å². The van der Waals surface area contributed by atoms with Crippen LogP contribution in [-0.2, 0) is 25.8 Å². The molecule has 4 heterocycles. The number of hydrogen-bond donors (Lipinski definition) is 3. The Morgan fingerprint density at radius 3 is 2.61 bits per heavy atom. The monoisotopic (exact) mass is 481 g/mol. The fourth-order valence-electron chi connectivity index (χ4n) is 4.61. The number of carbonyl (C=O) groups is 1. The zero-order valence-electron chi connectivity index (χ0n) is 20.7. The molecule has 184 valence electrons. The van der Waals surface area contributed by atoms with Gasteiger partial charge >= 0.3 is 0 Å². The Morgan fingerprint density at radius 2 is 1.86 bits per heavy atom. The molecule has 0 atom stereocenters. The second kappa shape index (κ2) is 10.3. The number of nitrogens with zero attached hydrogens (tertiary/aromatic N) is 4. The van der Waals surface area contributed by atoms with E-state index in [4.69, 9.17) is 0 Å². The predicted molar refractivity (Wildman–Crippen MR) is 139 cm³/mol. The molecule has 0 radical (unpaired) electrons. The quantitative estimate of drug-likeness (QED) is 0.345. The number of H-pyrrole nitrogens is 1. The molecule has 1 amide bonds. The van der Waals surface area contributed by atoms with Crippen molar-refractivity contribution in [3.63, 3.8) is 0 Å². The molecule has 0 saturated carbocycles. The smallest absolute Gasteiger partial charge is 0.270 e. The summed E-state index contributed by atoms with van der Waals surface area (Å²) in [6, 6.07) is 11.6. The van der Waals surface area contributed by atoms with Crippen LogP contribution in [0.1, 0.15) is 53.1 Å². The van der Waals surface area contributed by atoms with Crippen LogP contribution in [0.4, 0.5) is 5.82 Å². The van der Waals surface area contributed by atoms with Crippen LogP contribution < -0.4 is 10.6 Å². The lowest BCUT2D eigenvalue weighted by molar-refractivity contribution is 0.0949. The topological polar surface area (TPSA) is 108 Å². The molecule has 4 aromatic rings. The lowest BCUT2D eigenvalue weighted by atomic mass is 9.76. The van der Waals surface area contributed by atoms with Gasteiger partial charge in [-0.2, -0.15) is 5.10 Å². The molecule has 0 unspecified atom stereocenters. The highest BCUT2D eigenvalue weighted by Gasteiger charge is 2.29. The highest BCUT2D eigenvalue weighted by Crippen LogP contribution is 2.38. The Hall–Kier alpha value is -4.07. The van der Waals surface area contributed by atoms with Crippen molar-refractivity contribution in [2.75, 3.05) is 11.9 Å². The lowest BCUT2D eigenvalue weighted by Gasteiger charge is -2.29. The van der Waals surface area contributed by atoms with Crippen molar-refractivity contribution in [1.29, 1.82) is 0 Å². The maximum atomic E-state index is 13.1. The van der Waals surface area contributed by atoms with E-state index in [1.807, 2.05) is 48.8 Å². The SMILES string of the molecule is CC1(C)CCc2c(-c3cc(NCc4cccnc4)nc(C(=O)NCCc4cccnc4)c3)n[nH]c2C1. The van der Waals surface area contributed by atoms with Crippen LogP contribution >= 0.6 is 0 Å². The Bertz CT molecular complexity index is 1330. The Morgan fingerprint density at radius 1 is 1.08 bits per heavy atom. The summed E-state index contributed by atoms with van der Waals surface area (Å²) in [5.74, 6) is 0.414. The van der Waals surface area contributed by atoms with E-state index >= 15 is 0 Å². The average molecular weight is 482 g/mol. The third kappa shape index (κ3) is 5.59. The number of hydrogen-bond acceptors (Lipinski definition) is 6. The van der Waals surface area contributed by atoms with Gasteiger partial charge in [-0.1, -0.05) is 26.0 Å². The number of carbonyl (C=O) groups excluding carboxylic acids is 1. The van der Waals surface area contributed by atoms with Crippen molar-refractivity contribution >= 4 is 11.7 Å². The number of amides is 1. The predicted octanol–water partition coefficient (Wildman–Crippen LogP) is 4.36. The fraction of sp³-hybridized carbons (Fsp3) is 0.321. The van der Waals surface area contributed by atoms with Gasteiger partial charge in [0.05, 0.1) is 5.69 Å². The van der Waals surface area contributed by atoms with Crippen molar-refractivity contribution in [1.82, 2.24) is 30.5 Å². The summed E-state index contributed by atoms with van der Waals surface area (Å²) < 4.78 is 0. The molecular weight excluding hydrogens is 450 g/mol. The first kappa shape index (κ1) is 23.7. The van der Waals surface area contributed by atoms with Gasteiger partial charge in [-0.05, 0) is 66.5 Å². The summed E-state index contributed by atoms with van der Waals surface area (Å²) in [5, 5.41) is 14.3. The maximum absolute atomic E-state index is 13.1. The van der Waals surface area contributed by atoms with E-state index in [9.17, 15) is 4.79 Å². The first-order chi connectivity index (χ1) is 17.5. The number of fused-ring (bicyclic) bond motifs is 1. The standard InChI is InChI=1S/C28H31N7O/c1-28(2)9-7-22-24(15-28)34-35-26(22)21-13-23(27(36)31-12-8-19-5-3-10-29-16-19)33-25(14-21)32-18-20-6-4-11-30-17-20/h3-6,10-11,13-14,16-17H,7-9,12,15,18H2,1-2H3,(H,31,36)(H,32,33)(H,34,35). The number of aromatic nitrogens is 5. The van der Waals surface area contributed by atoms with Crippen LogP contribution in [0.15, 0.2) is 61.2 Å². The van der Waals surface area contributed by atoms with Crippen molar-refractivity contribution in [2.45, 2.75) is 46.1 Å². The van der Waals surface area contributed by atoms with E-state index in [0.29, 0.717) is 31.0 Å². The van der Waals surface area contributed by atoms with Gasteiger partial charge < -0.3 is 10.6 Å². The van der Waals surface area contributed by atoms with Crippen LogP contribution in [0.25, 0.3) is 11.3 Å². The van der Waals surface area contributed by atoms with Gasteiger partial charge in [0.15, 0.2) is 0 Å². The minimum absolute atomic E-state index is 0.212. The van der Waals surface area contributed by atoms with E-state index in [2.05, 4.69) is 49.6 Å².